The van der Waals surface area contributed by atoms with Crippen LogP contribution in [0.15, 0.2) is 11.3 Å². The van der Waals surface area contributed by atoms with Crippen LogP contribution in [0.2, 0.25) is 0 Å². The van der Waals surface area contributed by atoms with Crippen LogP contribution in [-0.4, -0.2) is 85.1 Å². The molecule has 1 unspecified atom stereocenters. The van der Waals surface area contributed by atoms with Crippen molar-refractivity contribution in [2.75, 3.05) is 19.7 Å². The minimum atomic E-state index is -1.21. The van der Waals surface area contributed by atoms with E-state index in [0.717, 1.165) is 0 Å². The van der Waals surface area contributed by atoms with Gasteiger partial charge in [0, 0.05) is 6.54 Å². The molecular formula is C11H17N5O5. The molecule has 10 heteroatoms. The fourth-order valence-electron chi connectivity index (χ4n) is 2.29. The first-order chi connectivity index (χ1) is 10.1. The van der Waals surface area contributed by atoms with Gasteiger partial charge in [-0.3, -0.25) is 4.99 Å². The fraction of sp³-hybridized carbons (Fsp3) is 0.727. The molecule has 2 aliphatic rings. The minimum Gasteiger partial charge on any atom is -0.394 e. The number of rotatable bonds is 3. The Bertz CT molecular complexity index is 535. The van der Waals surface area contributed by atoms with Gasteiger partial charge in [0.05, 0.1) is 19.3 Å². The summed E-state index contributed by atoms with van der Waals surface area (Å²) in [5, 5.41) is 45.1. The zero-order valence-electron chi connectivity index (χ0n) is 11.1. The summed E-state index contributed by atoms with van der Waals surface area (Å²) in [4.78, 5) is 8.17. The highest BCUT2D eigenvalue weighted by molar-refractivity contribution is 5.95. The Kier molecular flexibility index (Phi) is 3.87. The first kappa shape index (κ1) is 14.4. The zero-order valence-corrected chi connectivity index (χ0v) is 11.1. The second kappa shape index (κ2) is 5.66. The predicted octanol–water partition coefficient (Wildman–Crippen LogP) is -3.40. The SMILES string of the molecule is OC[C@H]1O[C@@H](n2cnc(C3=NCC(O)CN3)n2)[C@H](O)[C@@H]1O. The number of amidine groups is 1. The maximum absolute atomic E-state index is 9.91. The van der Waals surface area contributed by atoms with Gasteiger partial charge in [0.25, 0.3) is 0 Å². The van der Waals surface area contributed by atoms with Crippen molar-refractivity contribution >= 4 is 5.84 Å². The minimum absolute atomic E-state index is 0.269. The summed E-state index contributed by atoms with van der Waals surface area (Å²) < 4.78 is 6.62. The zero-order chi connectivity index (χ0) is 15.0. The highest BCUT2D eigenvalue weighted by Gasteiger charge is 2.44. The average molecular weight is 299 g/mol. The van der Waals surface area contributed by atoms with Gasteiger partial charge in [-0.1, -0.05) is 0 Å². The molecule has 116 valence electrons. The molecule has 10 nitrogen and oxygen atoms in total. The molecule has 1 fully saturated rings. The highest BCUT2D eigenvalue weighted by Crippen LogP contribution is 2.28. The number of β-amino-alcohol motifs (C(OH)–C–C–N with tert-alkyl or cyclic N) is 1. The molecule has 5 N–H and O–H groups in total. The molecule has 1 saturated heterocycles. The maximum Gasteiger partial charge on any atom is 0.216 e. The van der Waals surface area contributed by atoms with Crippen molar-refractivity contribution < 1.29 is 25.2 Å². The van der Waals surface area contributed by atoms with Crippen LogP contribution in [0.4, 0.5) is 0 Å². The first-order valence-electron chi connectivity index (χ1n) is 6.60. The van der Waals surface area contributed by atoms with Crippen molar-refractivity contribution in [2.45, 2.75) is 30.6 Å². The van der Waals surface area contributed by atoms with Crippen LogP contribution in [0, 0.1) is 0 Å². The summed E-state index contributed by atoms with van der Waals surface area (Å²) in [7, 11) is 0. The van der Waals surface area contributed by atoms with Crippen molar-refractivity contribution in [3.05, 3.63) is 12.2 Å². The van der Waals surface area contributed by atoms with Crippen molar-refractivity contribution in [2.24, 2.45) is 4.99 Å². The van der Waals surface area contributed by atoms with E-state index in [2.05, 4.69) is 20.4 Å². The van der Waals surface area contributed by atoms with Crippen molar-refractivity contribution in [3.63, 3.8) is 0 Å². The van der Waals surface area contributed by atoms with E-state index in [1.807, 2.05) is 0 Å². The number of nitrogens with zero attached hydrogens (tertiary/aromatic N) is 4. The van der Waals surface area contributed by atoms with Gasteiger partial charge in [-0.05, 0) is 0 Å². The fourth-order valence-corrected chi connectivity index (χ4v) is 2.29. The Morgan fingerprint density at radius 2 is 2.14 bits per heavy atom. The summed E-state index contributed by atoms with van der Waals surface area (Å²) in [5.41, 5.74) is 0. The van der Waals surface area contributed by atoms with Gasteiger partial charge >= 0.3 is 0 Å². The standard InChI is InChI=1S/C11H17N5O5/c17-3-6-7(19)8(20)11(21-6)16-4-14-10(15-16)9-12-1-5(18)2-13-9/h4-8,11,17-20H,1-3H2,(H,12,13)/t6-,7-,8-,11-/m1/s1. The molecule has 21 heavy (non-hydrogen) atoms. The van der Waals surface area contributed by atoms with Crippen molar-refractivity contribution in [1.29, 1.82) is 0 Å². The number of nitrogens with one attached hydrogen (secondary N) is 1. The van der Waals surface area contributed by atoms with Crippen LogP contribution in [-0.2, 0) is 4.74 Å². The lowest BCUT2D eigenvalue weighted by Crippen LogP contribution is -2.40. The summed E-state index contributed by atoms with van der Waals surface area (Å²) in [6.45, 7) is 0.231. The summed E-state index contributed by atoms with van der Waals surface area (Å²) in [6.07, 6.45) is -3.36. The van der Waals surface area contributed by atoms with E-state index in [0.29, 0.717) is 18.2 Å². The summed E-state index contributed by atoms with van der Waals surface area (Å²) in [6, 6.07) is 0. The average Bonchev–Trinajstić information content (AvgIpc) is 3.07. The van der Waals surface area contributed by atoms with Crippen molar-refractivity contribution in [1.82, 2.24) is 20.1 Å². The number of aliphatic imine (C=N–C) groups is 1. The second-order valence-corrected chi connectivity index (χ2v) is 5.00. The molecule has 3 rings (SSSR count). The molecule has 0 aliphatic carbocycles. The van der Waals surface area contributed by atoms with Crippen LogP contribution >= 0.6 is 0 Å². The maximum atomic E-state index is 9.91. The number of aliphatic hydroxyl groups is 4. The predicted molar refractivity (Wildman–Crippen MR) is 68.4 cm³/mol. The molecular weight excluding hydrogens is 282 g/mol. The van der Waals surface area contributed by atoms with E-state index in [-0.39, 0.29) is 6.54 Å². The quantitative estimate of drug-likeness (QED) is 0.388. The Morgan fingerprint density at radius 1 is 1.33 bits per heavy atom. The van der Waals surface area contributed by atoms with Gasteiger partial charge in [-0.2, -0.15) is 0 Å². The molecule has 1 aromatic heterocycles. The first-order valence-corrected chi connectivity index (χ1v) is 6.60. The van der Waals surface area contributed by atoms with Crippen LogP contribution in [0.3, 0.4) is 0 Å². The van der Waals surface area contributed by atoms with E-state index in [1.165, 1.54) is 11.0 Å². The lowest BCUT2D eigenvalue weighted by molar-refractivity contribution is -0.0588. The van der Waals surface area contributed by atoms with E-state index in [1.54, 1.807) is 0 Å². The Balaban J connectivity index is 1.76. The molecule has 5 atom stereocenters. The number of aromatic nitrogens is 3. The molecule has 0 spiro atoms. The molecule has 3 heterocycles. The molecule has 0 amide bonds. The number of hydrogen-bond donors (Lipinski definition) is 5. The molecule has 0 aromatic carbocycles. The molecule has 0 radical (unpaired) electrons. The van der Waals surface area contributed by atoms with Gasteiger partial charge < -0.3 is 30.5 Å². The number of aliphatic hydroxyl groups excluding tert-OH is 4. The van der Waals surface area contributed by atoms with Gasteiger partial charge in [-0.25, -0.2) is 9.67 Å². The Labute approximate surface area is 119 Å². The molecule has 2 aliphatic heterocycles. The van der Waals surface area contributed by atoms with E-state index in [4.69, 9.17) is 9.84 Å². The lowest BCUT2D eigenvalue weighted by Gasteiger charge is -2.17. The molecule has 0 bridgehead atoms. The number of ether oxygens (including phenoxy) is 1. The third-order valence-electron chi connectivity index (χ3n) is 3.46. The van der Waals surface area contributed by atoms with Gasteiger partial charge in [0.15, 0.2) is 12.1 Å². The largest absolute Gasteiger partial charge is 0.394 e. The van der Waals surface area contributed by atoms with Gasteiger partial charge in [0.1, 0.15) is 24.6 Å². The lowest BCUT2D eigenvalue weighted by atomic mass is 10.1. The van der Waals surface area contributed by atoms with Crippen LogP contribution < -0.4 is 5.32 Å². The monoisotopic (exact) mass is 299 g/mol. The van der Waals surface area contributed by atoms with E-state index < -0.39 is 37.3 Å². The highest BCUT2D eigenvalue weighted by atomic mass is 16.6. The van der Waals surface area contributed by atoms with Crippen LogP contribution in [0.1, 0.15) is 12.1 Å². The normalized spacial score (nSPS) is 36.4. The number of hydrogen-bond acceptors (Lipinski definition) is 9. The second-order valence-electron chi connectivity index (χ2n) is 5.00. The van der Waals surface area contributed by atoms with Crippen LogP contribution in [0.5, 0.6) is 0 Å². The summed E-state index contributed by atoms with van der Waals surface area (Å²) in [5.74, 6) is 0.755. The summed E-state index contributed by atoms with van der Waals surface area (Å²) >= 11 is 0. The topological polar surface area (TPSA) is 145 Å². The Hall–Kier alpha value is -1.59. The third-order valence-corrected chi connectivity index (χ3v) is 3.46. The smallest absolute Gasteiger partial charge is 0.216 e. The van der Waals surface area contributed by atoms with E-state index >= 15 is 0 Å². The van der Waals surface area contributed by atoms with Gasteiger partial charge in [0.2, 0.25) is 5.82 Å². The van der Waals surface area contributed by atoms with Crippen molar-refractivity contribution in [3.8, 4) is 0 Å². The van der Waals surface area contributed by atoms with Gasteiger partial charge in [-0.15, -0.1) is 5.10 Å². The third kappa shape index (κ3) is 2.63. The molecule has 0 saturated carbocycles. The molecule has 1 aromatic rings. The Morgan fingerprint density at radius 3 is 2.76 bits per heavy atom. The van der Waals surface area contributed by atoms with Crippen LogP contribution in [0.25, 0.3) is 0 Å². The van der Waals surface area contributed by atoms with E-state index in [9.17, 15) is 15.3 Å².